The Bertz CT molecular complexity index is 401. The van der Waals surface area contributed by atoms with E-state index in [4.69, 9.17) is 10.5 Å². The van der Waals surface area contributed by atoms with Gasteiger partial charge in [0.15, 0.2) is 0 Å². The van der Waals surface area contributed by atoms with Gasteiger partial charge in [-0.1, -0.05) is 26.0 Å². The summed E-state index contributed by atoms with van der Waals surface area (Å²) >= 11 is 0. The highest BCUT2D eigenvalue weighted by Crippen LogP contribution is 2.18. The zero-order chi connectivity index (χ0) is 15.0. The lowest BCUT2D eigenvalue weighted by atomic mass is 10.1. The summed E-state index contributed by atoms with van der Waals surface area (Å²) in [5.74, 6) is 1.50. The van der Waals surface area contributed by atoms with Crippen molar-refractivity contribution >= 4 is 5.91 Å². The number of ether oxygens (including phenoxy) is 1. The molecule has 4 heteroatoms. The Morgan fingerprint density at radius 1 is 1.25 bits per heavy atom. The molecule has 0 aliphatic rings. The first-order valence-electron chi connectivity index (χ1n) is 7.25. The van der Waals surface area contributed by atoms with Crippen molar-refractivity contribution in [1.29, 1.82) is 0 Å². The molecule has 1 atom stereocenters. The van der Waals surface area contributed by atoms with E-state index in [9.17, 15) is 4.79 Å². The molecular formula is C16H26N2O2. The summed E-state index contributed by atoms with van der Waals surface area (Å²) < 4.78 is 5.67. The van der Waals surface area contributed by atoms with Gasteiger partial charge in [0, 0.05) is 13.0 Å². The van der Waals surface area contributed by atoms with Gasteiger partial charge in [-0.25, -0.2) is 0 Å². The molecule has 3 N–H and O–H groups in total. The van der Waals surface area contributed by atoms with Crippen LogP contribution in [-0.2, 0) is 4.79 Å². The van der Waals surface area contributed by atoms with Crippen LogP contribution in [0.3, 0.4) is 0 Å². The Kier molecular flexibility index (Phi) is 7.09. The second kappa shape index (κ2) is 8.59. The van der Waals surface area contributed by atoms with Crippen LogP contribution >= 0.6 is 0 Å². The molecular weight excluding hydrogens is 252 g/mol. The number of nitrogens with two attached hydrogens (primary N) is 1. The third-order valence-corrected chi connectivity index (χ3v) is 3.09. The number of amides is 1. The van der Waals surface area contributed by atoms with Crippen LogP contribution in [0.25, 0.3) is 0 Å². The van der Waals surface area contributed by atoms with E-state index in [2.05, 4.69) is 19.2 Å². The number of rotatable bonds is 8. The van der Waals surface area contributed by atoms with E-state index in [1.165, 1.54) is 0 Å². The van der Waals surface area contributed by atoms with Gasteiger partial charge < -0.3 is 15.8 Å². The zero-order valence-electron chi connectivity index (χ0n) is 12.7. The smallest absolute Gasteiger partial charge is 0.221 e. The van der Waals surface area contributed by atoms with Gasteiger partial charge in [-0.05, 0) is 37.0 Å². The molecule has 0 heterocycles. The van der Waals surface area contributed by atoms with Crippen LogP contribution in [0, 0.1) is 5.92 Å². The first-order chi connectivity index (χ1) is 9.52. The number of carbonyl (C=O) groups is 1. The maximum absolute atomic E-state index is 11.5. The molecule has 0 bridgehead atoms. The predicted octanol–water partition coefficient (Wildman–Crippen LogP) is 2.64. The van der Waals surface area contributed by atoms with Crippen molar-refractivity contribution in [2.75, 3.05) is 13.2 Å². The fraction of sp³-hybridized carbons (Fsp3) is 0.562. The standard InChI is InChI=1S/C16H26N2O2/c1-12(2)9-11-20-15-6-4-14(5-7-15)13(3)18-16(19)8-10-17/h4-7,12-13H,8-11,17H2,1-3H3,(H,18,19). The summed E-state index contributed by atoms with van der Waals surface area (Å²) in [5.41, 5.74) is 6.42. The quantitative estimate of drug-likeness (QED) is 0.768. The monoisotopic (exact) mass is 278 g/mol. The van der Waals surface area contributed by atoms with Crippen molar-refractivity contribution in [1.82, 2.24) is 5.32 Å². The fourth-order valence-electron chi connectivity index (χ4n) is 1.79. The Hall–Kier alpha value is -1.55. The second-order valence-electron chi connectivity index (χ2n) is 5.43. The van der Waals surface area contributed by atoms with E-state index in [-0.39, 0.29) is 11.9 Å². The highest BCUT2D eigenvalue weighted by atomic mass is 16.5. The molecule has 1 amide bonds. The molecule has 0 saturated carbocycles. The van der Waals surface area contributed by atoms with E-state index in [0.717, 1.165) is 24.3 Å². The Morgan fingerprint density at radius 2 is 1.90 bits per heavy atom. The fourth-order valence-corrected chi connectivity index (χ4v) is 1.79. The Balaban J connectivity index is 2.46. The SMILES string of the molecule is CC(C)CCOc1ccc(C(C)NC(=O)CCN)cc1. The van der Waals surface area contributed by atoms with Gasteiger partial charge in [-0.15, -0.1) is 0 Å². The van der Waals surface area contributed by atoms with E-state index in [1.54, 1.807) is 0 Å². The van der Waals surface area contributed by atoms with Crippen LogP contribution in [-0.4, -0.2) is 19.1 Å². The van der Waals surface area contributed by atoms with Crippen molar-refractivity contribution in [3.8, 4) is 5.75 Å². The number of benzene rings is 1. The molecule has 0 fully saturated rings. The molecule has 0 aromatic heterocycles. The summed E-state index contributed by atoms with van der Waals surface area (Å²) in [6, 6.07) is 7.84. The first-order valence-corrected chi connectivity index (χ1v) is 7.25. The molecule has 1 aromatic rings. The van der Waals surface area contributed by atoms with Crippen molar-refractivity contribution in [3.63, 3.8) is 0 Å². The largest absolute Gasteiger partial charge is 0.494 e. The maximum atomic E-state index is 11.5. The lowest BCUT2D eigenvalue weighted by molar-refractivity contribution is -0.121. The Labute approximate surface area is 121 Å². The van der Waals surface area contributed by atoms with E-state index in [0.29, 0.717) is 18.9 Å². The molecule has 1 unspecified atom stereocenters. The minimum Gasteiger partial charge on any atom is -0.494 e. The molecule has 0 spiro atoms. The number of hydrogen-bond acceptors (Lipinski definition) is 3. The highest BCUT2D eigenvalue weighted by molar-refractivity contribution is 5.76. The van der Waals surface area contributed by atoms with Crippen molar-refractivity contribution in [2.24, 2.45) is 11.7 Å². The van der Waals surface area contributed by atoms with Gasteiger partial charge in [0.2, 0.25) is 5.91 Å². The summed E-state index contributed by atoms with van der Waals surface area (Å²) in [7, 11) is 0. The van der Waals surface area contributed by atoms with E-state index in [1.807, 2.05) is 31.2 Å². The van der Waals surface area contributed by atoms with Gasteiger partial charge in [-0.3, -0.25) is 4.79 Å². The van der Waals surface area contributed by atoms with E-state index >= 15 is 0 Å². The van der Waals surface area contributed by atoms with Crippen LogP contribution < -0.4 is 15.8 Å². The van der Waals surface area contributed by atoms with Gasteiger partial charge >= 0.3 is 0 Å². The van der Waals surface area contributed by atoms with Crippen LogP contribution in [0.15, 0.2) is 24.3 Å². The first kappa shape index (κ1) is 16.5. The summed E-state index contributed by atoms with van der Waals surface area (Å²) in [6.45, 7) is 7.43. The summed E-state index contributed by atoms with van der Waals surface area (Å²) in [6.07, 6.45) is 1.41. The van der Waals surface area contributed by atoms with Crippen LogP contribution in [0.1, 0.15) is 45.2 Å². The molecule has 0 aliphatic heterocycles. The number of hydrogen-bond donors (Lipinski definition) is 2. The third-order valence-electron chi connectivity index (χ3n) is 3.09. The zero-order valence-corrected chi connectivity index (χ0v) is 12.7. The summed E-state index contributed by atoms with van der Waals surface area (Å²) in [4.78, 5) is 11.5. The van der Waals surface area contributed by atoms with Gasteiger partial charge in [-0.2, -0.15) is 0 Å². The second-order valence-corrected chi connectivity index (χ2v) is 5.43. The molecule has 4 nitrogen and oxygen atoms in total. The van der Waals surface area contributed by atoms with Crippen LogP contribution in [0.4, 0.5) is 0 Å². The molecule has 0 saturated heterocycles. The van der Waals surface area contributed by atoms with Gasteiger partial charge in [0.25, 0.3) is 0 Å². The Morgan fingerprint density at radius 3 is 2.45 bits per heavy atom. The molecule has 20 heavy (non-hydrogen) atoms. The number of carbonyl (C=O) groups excluding carboxylic acids is 1. The van der Waals surface area contributed by atoms with Crippen molar-refractivity contribution in [3.05, 3.63) is 29.8 Å². The minimum absolute atomic E-state index is 0.0150. The average Bonchev–Trinajstić information content (AvgIpc) is 2.39. The molecule has 0 aliphatic carbocycles. The number of nitrogens with one attached hydrogen (secondary N) is 1. The molecule has 112 valence electrons. The average molecular weight is 278 g/mol. The minimum atomic E-state index is -0.0164. The molecule has 1 rings (SSSR count). The van der Waals surface area contributed by atoms with Gasteiger partial charge in [0.05, 0.1) is 12.6 Å². The third kappa shape index (κ3) is 6.06. The van der Waals surface area contributed by atoms with E-state index < -0.39 is 0 Å². The lowest BCUT2D eigenvalue weighted by Crippen LogP contribution is -2.28. The maximum Gasteiger partial charge on any atom is 0.221 e. The van der Waals surface area contributed by atoms with Gasteiger partial charge in [0.1, 0.15) is 5.75 Å². The summed E-state index contributed by atoms with van der Waals surface area (Å²) in [5, 5.41) is 2.91. The normalized spacial score (nSPS) is 12.2. The highest BCUT2D eigenvalue weighted by Gasteiger charge is 2.08. The van der Waals surface area contributed by atoms with Crippen molar-refractivity contribution in [2.45, 2.75) is 39.7 Å². The van der Waals surface area contributed by atoms with Crippen LogP contribution in [0.2, 0.25) is 0 Å². The topological polar surface area (TPSA) is 64.3 Å². The molecule has 0 radical (unpaired) electrons. The molecule has 1 aromatic carbocycles. The predicted molar refractivity (Wildman–Crippen MR) is 81.6 cm³/mol. The lowest BCUT2D eigenvalue weighted by Gasteiger charge is -2.15. The van der Waals surface area contributed by atoms with Crippen LogP contribution in [0.5, 0.6) is 5.75 Å². The van der Waals surface area contributed by atoms with Crippen molar-refractivity contribution < 1.29 is 9.53 Å².